The summed E-state index contributed by atoms with van der Waals surface area (Å²) in [6.45, 7) is 5.02. The number of para-hydroxylation sites is 1. The molecule has 1 amide bonds. The van der Waals surface area contributed by atoms with Crippen molar-refractivity contribution in [2.45, 2.75) is 38.8 Å². The fraction of sp³-hybridized carbons (Fsp3) is 0.533. The van der Waals surface area contributed by atoms with Crippen LogP contribution in [0.3, 0.4) is 0 Å². The second-order valence-electron chi connectivity index (χ2n) is 5.19. The predicted octanol–water partition coefficient (Wildman–Crippen LogP) is 2.16. The van der Waals surface area contributed by atoms with Crippen LogP contribution in [0, 0.1) is 0 Å². The van der Waals surface area contributed by atoms with E-state index in [0.29, 0.717) is 6.04 Å². The van der Waals surface area contributed by atoms with Crippen LogP contribution >= 0.6 is 0 Å². The molecule has 1 fully saturated rings. The van der Waals surface area contributed by atoms with Crippen LogP contribution in [0.5, 0.6) is 0 Å². The summed E-state index contributed by atoms with van der Waals surface area (Å²) in [6.07, 6.45) is 1.43. The van der Waals surface area contributed by atoms with Crippen molar-refractivity contribution in [1.82, 2.24) is 4.90 Å². The number of carbonyl (C=O) groups is 1. The fourth-order valence-corrected chi connectivity index (χ4v) is 2.55. The van der Waals surface area contributed by atoms with Gasteiger partial charge in [-0.15, -0.1) is 0 Å². The highest BCUT2D eigenvalue weighted by Crippen LogP contribution is 2.25. The molecule has 4 heteroatoms. The van der Waals surface area contributed by atoms with Gasteiger partial charge in [0.05, 0.1) is 6.10 Å². The van der Waals surface area contributed by atoms with Gasteiger partial charge in [0.25, 0.3) is 0 Å². The first-order chi connectivity index (χ1) is 9.08. The molecule has 1 unspecified atom stereocenters. The van der Waals surface area contributed by atoms with Crippen LogP contribution in [0.4, 0.5) is 5.69 Å². The molecular formula is C15H22N2O2. The molecular weight excluding hydrogens is 240 g/mol. The molecule has 0 spiro atoms. The van der Waals surface area contributed by atoms with Gasteiger partial charge in [-0.25, -0.2) is 0 Å². The van der Waals surface area contributed by atoms with E-state index in [0.717, 1.165) is 37.2 Å². The first kappa shape index (κ1) is 13.9. The van der Waals surface area contributed by atoms with Gasteiger partial charge in [0.15, 0.2) is 0 Å². The Kier molecular flexibility index (Phi) is 4.43. The van der Waals surface area contributed by atoms with Gasteiger partial charge in [0, 0.05) is 37.3 Å². The molecule has 2 rings (SSSR count). The number of hydrogen-bond acceptors (Lipinski definition) is 3. The van der Waals surface area contributed by atoms with Gasteiger partial charge in [-0.05, 0) is 25.8 Å². The molecule has 1 aromatic carbocycles. The summed E-state index contributed by atoms with van der Waals surface area (Å²) in [5.41, 5.74) is 1.93. The summed E-state index contributed by atoms with van der Waals surface area (Å²) >= 11 is 0. The number of aliphatic hydroxyl groups excluding tert-OH is 1. The highest BCUT2D eigenvalue weighted by molar-refractivity contribution is 5.73. The molecule has 1 aliphatic rings. The minimum absolute atomic E-state index is 0.155. The van der Waals surface area contributed by atoms with Gasteiger partial charge >= 0.3 is 0 Å². The Labute approximate surface area is 114 Å². The topological polar surface area (TPSA) is 52.6 Å². The fourth-order valence-electron chi connectivity index (χ4n) is 2.55. The number of benzene rings is 1. The highest BCUT2D eigenvalue weighted by Gasteiger charge is 2.21. The van der Waals surface area contributed by atoms with Crippen LogP contribution < -0.4 is 5.32 Å². The minimum Gasteiger partial charge on any atom is -0.389 e. The molecule has 2 N–H and O–H groups in total. The van der Waals surface area contributed by atoms with E-state index in [9.17, 15) is 9.90 Å². The number of nitrogens with zero attached hydrogens (tertiary/aromatic N) is 1. The normalized spacial score (nSPS) is 18.2. The summed E-state index contributed by atoms with van der Waals surface area (Å²) in [5.74, 6) is 0.155. The first-order valence-electron chi connectivity index (χ1n) is 6.87. The lowest BCUT2D eigenvalue weighted by Crippen LogP contribution is -2.41. The molecule has 1 saturated heterocycles. The number of anilines is 1. The lowest BCUT2D eigenvalue weighted by molar-refractivity contribution is -0.129. The number of likely N-dealkylation sites (tertiary alicyclic amines) is 1. The predicted molar refractivity (Wildman–Crippen MR) is 76.0 cm³/mol. The summed E-state index contributed by atoms with van der Waals surface area (Å²) in [5, 5.41) is 13.2. The van der Waals surface area contributed by atoms with Gasteiger partial charge < -0.3 is 15.3 Å². The van der Waals surface area contributed by atoms with E-state index >= 15 is 0 Å². The number of nitrogens with one attached hydrogen (secondary N) is 1. The van der Waals surface area contributed by atoms with E-state index in [1.165, 1.54) is 0 Å². The van der Waals surface area contributed by atoms with E-state index in [4.69, 9.17) is 0 Å². The molecule has 0 saturated carbocycles. The van der Waals surface area contributed by atoms with Crippen molar-refractivity contribution in [3.8, 4) is 0 Å². The van der Waals surface area contributed by atoms with Gasteiger partial charge in [-0.3, -0.25) is 4.79 Å². The molecule has 4 nitrogen and oxygen atoms in total. The number of rotatable bonds is 3. The third-order valence-corrected chi connectivity index (χ3v) is 3.71. The number of piperidine rings is 1. The van der Waals surface area contributed by atoms with Crippen LogP contribution in [0.2, 0.25) is 0 Å². The van der Waals surface area contributed by atoms with E-state index in [2.05, 4.69) is 5.32 Å². The van der Waals surface area contributed by atoms with Gasteiger partial charge in [0.2, 0.25) is 5.91 Å². The van der Waals surface area contributed by atoms with E-state index in [-0.39, 0.29) is 5.91 Å². The van der Waals surface area contributed by atoms with E-state index < -0.39 is 6.10 Å². The largest absolute Gasteiger partial charge is 0.389 e. The Balaban J connectivity index is 1.98. The minimum atomic E-state index is -0.471. The second kappa shape index (κ2) is 6.06. The Morgan fingerprint density at radius 1 is 1.37 bits per heavy atom. The first-order valence-corrected chi connectivity index (χ1v) is 6.87. The van der Waals surface area contributed by atoms with Gasteiger partial charge in [-0.2, -0.15) is 0 Å². The van der Waals surface area contributed by atoms with Crippen LogP contribution in [-0.4, -0.2) is 35.0 Å². The molecule has 0 aliphatic carbocycles. The molecule has 0 aromatic heterocycles. The van der Waals surface area contributed by atoms with Gasteiger partial charge in [-0.1, -0.05) is 18.2 Å². The third-order valence-electron chi connectivity index (χ3n) is 3.71. The van der Waals surface area contributed by atoms with Crippen molar-refractivity contribution >= 4 is 11.6 Å². The Bertz CT molecular complexity index is 438. The van der Waals surface area contributed by atoms with Crippen molar-refractivity contribution in [2.24, 2.45) is 0 Å². The summed E-state index contributed by atoms with van der Waals surface area (Å²) in [6, 6.07) is 8.22. The van der Waals surface area contributed by atoms with Crippen LogP contribution in [0.1, 0.15) is 38.4 Å². The molecule has 0 radical (unpaired) electrons. The van der Waals surface area contributed by atoms with E-state index in [1.54, 1.807) is 13.8 Å². The third kappa shape index (κ3) is 3.47. The maximum absolute atomic E-state index is 11.3. The molecule has 19 heavy (non-hydrogen) atoms. The Hall–Kier alpha value is -1.55. The molecule has 0 bridgehead atoms. The summed E-state index contributed by atoms with van der Waals surface area (Å²) in [7, 11) is 0. The van der Waals surface area contributed by atoms with Crippen molar-refractivity contribution in [3.63, 3.8) is 0 Å². The standard InChI is InChI=1S/C15H22N2O2/c1-11(18)14-5-3-4-6-15(14)16-13-7-9-17(10-8-13)12(2)19/h3-6,11,13,16,18H,7-10H2,1-2H3. The molecule has 1 heterocycles. The molecule has 1 aliphatic heterocycles. The summed E-state index contributed by atoms with van der Waals surface area (Å²) < 4.78 is 0. The van der Waals surface area contributed by atoms with Crippen molar-refractivity contribution in [3.05, 3.63) is 29.8 Å². The lowest BCUT2D eigenvalue weighted by atomic mass is 10.0. The zero-order valence-electron chi connectivity index (χ0n) is 11.6. The average Bonchev–Trinajstić information content (AvgIpc) is 2.39. The lowest BCUT2D eigenvalue weighted by Gasteiger charge is -2.32. The van der Waals surface area contributed by atoms with Crippen molar-refractivity contribution < 1.29 is 9.90 Å². The Morgan fingerprint density at radius 3 is 2.58 bits per heavy atom. The second-order valence-corrected chi connectivity index (χ2v) is 5.19. The quantitative estimate of drug-likeness (QED) is 0.877. The van der Waals surface area contributed by atoms with Crippen LogP contribution in [0.15, 0.2) is 24.3 Å². The Morgan fingerprint density at radius 2 is 2.00 bits per heavy atom. The zero-order chi connectivity index (χ0) is 13.8. The van der Waals surface area contributed by atoms with Crippen LogP contribution in [0.25, 0.3) is 0 Å². The number of carbonyl (C=O) groups excluding carboxylic acids is 1. The maximum Gasteiger partial charge on any atom is 0.219 e. The van der Waals surface area contributed by atoms with E-state index in [1.807, 2.05) is 29.2 Å². The number of hydrogen-bond donors (Lipinski definition) is 2. The number of amides is 1. The zero-order valence-corrected chi connectivity index (χ0v) is 11.6. The summed E-state index contributed by atoms with van der Waals surface area (Å²) in [4.78, 5) is 13.2. The van der Waals surface area contributed by atoms with Crippen molar-refractivity contribution in [1.29, 1.82) is 0 Å². The highest BCUT2D eigenvalue weighted by atomic mass is 16.3. The smallest absolute Gasteiger partial charge is 0.219 e. The molecule has 104 valence electrons. The average molecular weight is 262 g/mol. The molecule has 1 aromatic rings. The number of aliphatic hydroxyl groups is 1. The van der Waals surface area contributed by atoms with Crippen LogP contribution in [-0.2, 0) is 4.79 Å². The van der Waals surface area contributed by atoms with Gasteiger partial charge in [0.1, 0.15) is 0 Å². The maximum atomic E-state index is 11.3. The SMILES string of the molecule is CC(=O)N1CCC(Nc2ccccc2C(C)O)CC1. The van der Waals surface area contributed by atoms with Crippen molar-refractivity contribution in [2.75, 3.05) is 18.4 Å². The monoisotopic (exact) mass is 262 g/mol. The molecule has 1 atom stereocenters.